The van der Waals surface area contributed by atoms with Gasteiger partial charge in [0.2, 0.25) is 0 Å². The Kier molecular flexibility index (Phi) is 5.45. The molecule has 0 rings (SSSR count). The van der Waals surface area contributed by atoms with E-state index in [9.17, 15) is 4.79 Å². The van der Waals surface area contributed by atoms with Crippen LogP contribution in [0.4, 0.5) is 0 Å². The smallest absolute Gasteiger partial charge is 0.357 e. The maximum Gasteiger partial charge on any atom is 0.357 e. The number of hydrogen-bond donors (Lipinski definition) is 1. The Labute approximate surface area is 71.2 Å². The van der Waals surface area contributed by atoms with Gasteiger partial charge in [-0.3, -0.25) is 0 Å². The Morgan fingerprint density at radius 3 is 2.83 bits per heavy atom. The zero-order chi connectivity index (χ0) is 9.40. The summed E-state index contributed by atoms with van der Waals surface area (Å²) in [7, 11) is 0. The van der Waals surface area contributed by atoms with E-state index in [2.05, 4.69) is 15.8 Å². The van der Waals surface area contributed by atoms with Crippen LogP contribution in [0.25, 0.3) is 0 Å². The zero-order valence-electron chi connectivity index (χ0n) is 6.91. The average molecular weight is 169 g/mol. The van der Waals surface area contributed by atoms with Crippen LogP contribution in [0.3, 0.4) is 0 Å². The summed E-state index contributed by atoms with van der Waals surface area (Å²) in [5.74, 6) is 1.48. The normalized spacial score (nSPS) is 10.5. The van der Waals surface area contributed by atoms with Crippen LogP contribution in [0.1, 0.15) is 19.8 Å². The summed E-state index contributed by atoms with van der Waals surface area (Å²) in [6.45, 7) is 1.77. The van der Waals surface area contributed by atoms with E-state index >= 15 is 0 Å². The third-order valence-electron chi connectivity index (χ3n) is 1.13. The van der Waals surface area contributed by atoms with Crippen LogP contribution >= 0.6 is 0 Å². The fraction of sp³-hybridized carbons (Fsp3) is 0.500. The van der Waals surface area contributed by atoms with Gasteiger partial charge in [-0.25, -0.2) is 4.79 Å². The van der Waals surface area contributed by atoms with Crippen LogP contribution in [-0.2, 0) is 9.53 Å². The molecular weight excluding hydrogens is 158 g/mol. The molecule has 0 aliphatic heterocycles. The van der Waals surface area contributed by atoms with E-state index in [0.29, 0.717) is 12.8 Å². The molecule has 4 nitrogen and oxygen atoms in total. The predicted octanol–water partition coefficient (Wildman–Crippen LogP) is 0.793. The summed E-state index contributed by atoms with van der Waals surface area (Å²) < 4.78 is 4.53. The summed E-state index contributed by atoms with van der Waals surface area (Å²) in [5, 5.41) is 11.2. The number of carbonyl (C=O) groups excluding carboxylic acids is 1. The van der Waals surface area contributed by atoms with Crippen molar-refractivity contribution in [2.45, 2.75) is 19.8 Å². The van der Waals surface area contributed by atoms with Gasteiger partial charge in [0.15, 0.2) is 12.3 Å². The first-order valence-corrected chi connectivity index (χ1v) is 3.57. The van der Waals surface area contributed by atoms with Gasteiger partial charge >= 0.3 is 5.97 Å². The maximum absolute atomic E-state index is 10.9. The summed E-state index contributed by atoms with van der Waals surface area (Å²) in [5.41, 5.74) is 0.00718. The lowest BCUT2D eigenvalue weighted by Gasteiger charge is -2.00. The molecule has 0 aromatic heterocycles. The number of hydrogen-bond acceptors (Lipinski definition) is 4. The summed E-state index contributed by atoms with van der Waals surface area (Å²) in [6, 6.07) is 0. The summed E-state index contributed by atoms with van der Waals surface area (Å²) >= 11 is 0. The summed E-state index contributed by atoms with van der Waals surface area (Å²) in [4.78, 5) is 10.9. The zero-order valence-corrected chi connectivity index (χ0v) is 6.91. The second-order valence-electron chi connectivity index (χ2n) is 2.08. The maximum atomic E-state index is 10.9. The van der Waals surface area contributed by atoms with E-state index in [1.54, 1.807) is 0 Å². The Balaban J connectivity index is 3.98. The predicted molar refractivity (Wildman–Crippen MR) is 43.9 cm³/mol. The standard InChI is InChI=1S/C8H11NO3/c1-3-5-7(9-11)8(10)12-6-4-2/h2,11H,3,5-6H2,1H3. The van der Waals surface area contributed by atoms with Crippen molar-refractivity contribution in [2.24, 2.45) is 5.16 Å². The molecule has 0 aliphatic carbocycles. The largest absolute Gasteiger partial charge is 0.448 e. The molecule has 0 radical (unpaired) electrons. The van der Waals surface area contributed by atoms with Gasteiger partial charge in [0, 0.05) is 6.42 Å². The Bertz CT molecular complexity index is 215. The first kappa shape index (κ1) is 10.5. The molecule has 1 N–H and O–H groups in total. The van der Waals surface area contributed by atoms with Crippen LogP contribution in [0.15, 0.2) is 5.16 Å². The van der Waals surface area contributed by atoms with Gasteiger partial charge in [-0.15, -0.1) is 6.42 Å². The van der Waals surface area contributed by atoms with Crippen LogP contribution in [0.2, 0.25) is 0 Å². The number of carbonyl (C=O) groups is 1. The lowest BCUT2D eigenvalue weighted by molar-refractivity contribution is -0.134. The molecule has 0 aliphatic rings. The molecule has 12 heavy (non-hydrogen) atoms. The minimum absolute atomic E-state index is 0.00718. The lowest BCUT2D eigenvalue weighted by atomic mass is 10.2. The van der Waals surface area contributed by atoms with Gasteiger partial charge in [0.25, 0.3) is 0 Å². The monoisotopic (exact) mass is 169 g/mol. The molecular formula is C8H11NO3. The second-order valence-corrected chi connectivity index (χ2v) is 2.08. The molecule has 0 unspecified atom stereocenters. The molecule has 0 atom stereocenters. The second kappa shape index (κ2) is 6.23. The van der Waals surface area contributed by atoms with Crippen molar-refractivity contribution >= 4 is 11.7 Å². The molecule has 0 fully saturated rings. The average Bonchev–Trinajstić information content (AvgIpc) is 2.10. The SMILES string of the molecule is C#CCOC(=O)C(CCC)=NO. The van der Waals surface area contributed by atoms with Gasteiger partial charge in [0.05, 0.1) is 0 Å². The summed E-state index contributed by atoms with van der Waals surface area (Å²) in [6.07, 6.45) is 5.96. The van der Waals surface area contributed by atoms with Crippen molar-refractivity contribution in [2.75, 3.05) is 6.61 Å². The van der Waals surface area contributed by atoms with Crippen LogP contribution < -0.4 is 0 Å². The quantitative estimate of drug-likeness (QED) is 0.222. The third kappa shape index (κ3) is 3.62. The molecule has 0 aromatic rings. The fourth-order valence-corrected chi connectivity index (χ4v) is 0.620. The Morgan fingerprint density at radius 1 is 1.75 bits per heavy atom. The van der Waals surface area contributed by atoms with Crippen molar-refractivity contribution in [1.82, 2.24) is 0 Å². The number of terminal acetylenes is 1. The highest BCUT2D eigenvalue weighted by Crippen LogP contribution is 1.94. The first-order valence-electron chi connectivity index (χ1n) is 3.57. The highest BCUT2D eigenvalue weighted by atomic mass is 16.5. The molecule has 0 bridgehead atoms. The van der Waals surface area contributed by atoms with E-state index in [0.717, 1.165) is 0 Å². The lowest BCUT2D eigenvalue weighted by Crippen LogP contribution is -2.17. The van der Waals surface area contributed by atoms with Crippen molar-refractivity contribution in [1.29, 1.82) is 0 Å². The van der Waals surface area contributed by atoms with Crippen molar-refractivity contribution in [3.63, 3.8) is 0 Å². The molecule has 0 saturated heterocycles. The number of esters is 1. The number of rotatable bonds is 4. The number of oxime groups is 1. The highest BCUT2D eigenvalue weighted by molar-refractivity contribution is 6.36. The van der Waals surface area contributed by atoms with E-state index in [4.69, 9.17) is 11.6 Å². The van der Waals surface area contributed by atoms with Gasteiger partial charge in [-0.1, -0.05) is 24.4 Å². The van der Waals surface area contributed by atoms with E-state index in [-0.39, 0.29) is 12.3 Å². The molecule has 0 saturated carbocycles. The van der Waals surface area contributed by atoms with Gasteiger partial charge in [-0.2, -0.15) is 0 Å². The van der Waals surface area contributed by atoms with Crippen LogP contribution in [0.5, 0.6) is 0 Å². The topological polar surface area (TPSA) is 58.9 Å². The van der Waals surface area contributed by atoms with Crippen LogP contribution in [0, 0.1) is 12.3 Å². The number of ether oxygens (including phenoxy) is 1. The fourth-order valence-electron chi connectivity index (χ4n) is 0.620. The number of nitrogens with zero attached hydrogens (tertiary/aromatic N) is 1. The molecule has 0 spiro atoms. The highest BCUT2D eigenvalue weighted by Gasteiger charge is 2.11. The first-order chi connectivity index (χ1) is 5.76. The van der Waals surface area contributed by atoms with E-state index in [1.165, 1.54) is 0 Å². The molecule has 0 aromatic carbocycles. The van der Waals surface area contributed by atoms with Crippen molar-refractivity contribution in [3.05, 3.63) is 0 Å². The third-order valence-corrected chi connectivity index (χ3v) is 1.13. The van der Waals surface area contributed by atoms with Gasteiger partial charge in [0.1, 0.15) is 0 Å². The minimum atomic E-state index is -0.655. The Hall–Kier alpha value is -1.50. The molecule has 0 amide bonds. The van der Waals surface area contributed by atoms with E-state index in [1.807, 2.05) is 6.92 Å². The van der Waals surface area contributed by atoms with Crippen LogP contribution in [-0.4, -0.2) is 23.5 Å². The van der Waals surface area contributed by atoms with Gasteiger partial charge < -0.3 is 9.94 Å². The molecule has 4 heteroatoms. The minimum Gasteiger partial charge on any atom is -0.448 e. The Morgan fingerprint density at radius 2 is 2.42 bits per heavy atom. The molecule has 66 valence electrons. The van der Waals surface area contributed by atoms with E-state index < -0.39 is 5.97 Å². The van der Waals surface area contributed by atoms with Gasteiger partial charge in [-0.05, 0) is 0 Å². The molecule has 0 heterocycles. The van der Waals surface area contributed by atoms with Crippen molar-refractivity contribution in [3.8, 4) is 12.3 Å². The van der Waals surface area contributed by atoms with Crippen molar-refractivity contribution < 1.29 is 14.7 Å².